The molecule has 0 saturated heterocycles. The number of nitrogens with zero attached hydrogens (tertiary/aromatic N) is 1. The van der Waals surface area contributed by atoms with Gasteiger partial charge in [0.25, 0.3) is 10.0 Å². The van der Waals surface area contributed by atoms with E-state index in [1.807, 2.05) is 24.3 Å². The lowest BCUT2D eigenvalue weighted by molar-refractivity contribution is 0.583. The molecule has 0 aliphatic carbocycles. The van der Waals surface area contributed by atoms with Crippen molar-refractivity contribution in [1.29, 1.82) is 0 Å². The van der Waals surface area contributed by atoms with Crippen LogP contribution >= 0.6 is 27.3 Å². The number of benzene rings is 1. The molecule has 0 amide bonds. The van der Waals surface area contributed by atoms with Crippen LogP contribution in [-0.4, -0.2) is 13.4 Å². The predicted molar refractivity (Wildman–Crippen MR) is 79.9 cm³/mol. The second kappa shape index (κ2) is 6.13. The second-order valence-corrected chi connectivity index (χ2v) is 7.76. The van der Waals surface area contributed by atoms with Gasteiger partial charge in [-0.15, -0.1) is 11.3 Å². The summed E-state index contributed by atoms with van der Waals surface area (Å²) in [5, 5.41) is 1.53. The van der Waals surface area contributed by atoms with E-state index in [0.717, 1.165) is 21.5 Å². The zero-order valence-electron chi connectivity index (χ0n) is 10.3. The van der Waals surface area contributed by atoms with Crippen molar-refractivity contribution in [2.75, 3.05) is 0 Å². The van der Waals surface area contributed by atoms with Crippen molar-refractivity contribution in [3.63, 3.8) is 0 Å². The van der Waals surface area contributed by atoms with Crippen LogP contribution in [0.2, 0.25) is 0 Å². The van der Waals surface area contributed by atoms with Gasteiger partial charge in [-0.05, 0) is 18.1 Å². The van der Waals surface area contributed by atoms with Crippen LogP contribution in [-0.2, 0) is 21.9 Å². The molecular weight excluding hydrogens is 348 g/mol. The maximum Gasteiger partial charge on any atom is 0.251 e. The Labute approximate surface area is 125 Å². The molecule has 0 spiro atoms. The quantitative estimate of drug-likeness (QED) is 0.834. The molecule has 7 heteroatoms. The summed E-state index contributed by atoms with van der Waals surface area (Å²) in [5.41, 5.74) is 2.08. The van der Waals surface area contributed by atoms with E-state index in [9.17, 15) is 8.42 Å². The number of alkyl halides is 1. The van der Waals surface area contributed by atoms with E-state index in [-0.39, 0.29) is 10.8 Å². The maximum absolute atomic E-state index is 12.0. The molecule has 102 valence electrons. The third kappa shape index (κ3) is 3.85. The minimum absolute atomic E-state index is 0.252. The largest absolute Gasteiger partial charge is 0.251 e. The summed E-state index contributed by atoms with van der Waals surface area (Å²) >= 11 is 4.54. The Morgan fingerprint density at radius 2 is 1.89 bits per heavy atom. The minimum Gasteiger partial charge on any atom is -0.249 e. The Hall–Kier alpha value is -0.760. The molecule has 0 aliphatic heterocycles. The van der Waals surface area contributed by atoms with Gasteiger partial charge in [0.2, 0.25) is 0 Å². The van der Waals surface area contributed by atoms with Crippen LogP contribution in [0.1, 0.15) is 16.1 Å². The molecule has 2 rings (SSSR count). The van der Waals surface area contributed by atoms with Gasteiger partial charge in [0.1, 0.15) is 0 Å². The zero-order chi connectivity index (χ0) is 13.9. The van der Waals surface area contributed by atoms with E-state index < -0.39 is 10.0 Å². The number of sulfonamides is 1. The fourth-order valence-corrected chi connectivity index (χ4v) is 4.01. The number of nitrogens with one attached hydrogen (secondary N) is 1. The Kier molecular flexibility index (Phi) is 4.72. The second-order valence-electron chi connectivity index (χ2n) is 3.97. The third-order valence-electron chi connectivity index (χ3n) is 2.51. The van der Waals surface area contributed by atoms with Crippen molar-refractivity contribution < 1.29 is 8.42 Å². The molecule has 0 unspecified atom stereocenters. The highest BCUT2D eigenvalue weighted by Gasteiger charge is 2.16. The number of hydrogen-bond donors (Lipinski definition) is 1. The van der Waals surface area contributed by atoms with Crippen LogP contribution in [0.25, 0.3) is 0 Å². The van der Waals surface area contributed by atoms with Gasteiger partial charge in [-0.3, -0.25) is 0 Å². The van der Waals surface area contributed by atoms with Crippen LogP contribution in [0.4, 0.5) is 0 Å². The molecule has 1 aromatic heterocycles. The van der Waals surface area contributed by atoms with Crippen molar-refractivity contribution in [3.05, 3.63) is 46.6 Å². The van der Waals surface area contributed by atoms with Gasteiger partial charge in [-0.25, -0.2) is 18.1 Å². The molecule has 4 nitrogen and oxygen atoms in total. The average Bonchev–Trinajstić information content (AvgIpc) is 2.85. The van der Waals surface area contributed by atoms with Gasteiger partial charge < -0.3 is 0 Å². The molecule has 1 heterocycles. The van der Waals surface area contributed by atoms with Gasteiger partial charge in [0.05, 0.1) is 11.2 Å². The van der Waals surface area contributed by atoms with Crippen LogP contribution < -0.4 is 4.72 Å². The number of rotatable bonds is 5. The number of aryl methyl sites for hydroxylation is 1. The fraction of sp³-hybridized carbons (Fsp3) is 0.250. The molecular formula is C12H13BrN2O2S2. The molecule has 1 N–H and O–H groups in total. The first-order valence-corrected chi connectivity index (χ1v) is 8.99. The van der Waals surface area contributed by atoms with Gasteiger partial charge in [-0.1, -0.05) is 40.2 Å². The Bertz CT molecular complexity index is 651. The summed E-state index contributed by atoms with van der Waals surface area (Å²) in [5.74, 6) is 0. The molecule has 0 fully saturated rings. The van der Waals surface area contributed by atoms with E-state index in [4.69, 9.17) is 0 Å². The number of hydrogen-bond acceptors (Lipinski definition) is 4. The first-order valence-electron chi connectivity index (χ1n) is 5.57. The normalized spacial score (nSPS) is 11.7. The zero-order valence-corrected chi connectivity index (χ0v) is 13.5. The highest BCUT2D eigenvalue weighted by Crippen LogP contribution is 2.18. The first-order chi connectivity index (χ1) is 9.01. The van der Waals surface area contributed by atoms with Gasteiger partial charge in [-0.2, -0.15) is 0 Å². The molecule has 1 aromatic carbocycles. The summed E-state index contributed by atoms with van der Waals surface area (Å²) in [6.45, 7) is 2.06. The van der Waals surface area contributed by atoms with Gasteiger partial charge in [0.15, 0.2) is 4.21 Å². The van der Waals surface area contributed by atoms with Crippen molar-refractivity contribution in [2.24, 2.45) is 0 Å². The average molecular weight is 361 g/mol. The third-order valence-corrected chi connectivity index (χ3v) is 5.93. The lowest BCUT2D eigenvalue weighted by Crippen LogP contribution is -2.22. The van der Waals surface area contributed by atoms with Gasteiger partial charge >= 0.3 is 0 Å². The SMILES string of the molecule is Cc1ncc(S(=O)(=O)NCc2ccc(CBr)cc2)s1. The van der Waals surface area contributed by atoms with Crippen LogP contribution in [0, 0.1) is 6.92 Å². The van der Waals surface area contributed by atoms with Crippen LogP contribution in [0.5, 0.6) is 0 Å². The maximum atomic E-state index is 12.0. The Morgan fingerprint density at radius 1 is 1.26 bits per heavy atom. The summed E-state index contributed by atoms with van der Waals surface area (Å²) in [6.07, 6.45) is 1.39. The molecule has 19 heavy (non-hydrogen) atoms. The number of halogens is 1. The monoisotopic (exact) mass is 360 g/mol. The molecule has 0 saturated carbocycles. The van der Waals surface area contributed by atoms with Gasteiger partial charge in [0, 0.05) is 11.9 Å². The standard InChI is InChI=1S/C12H13BrN2O2S2/c1-9-14-8-12(18-9)19(16,17)15-7-11-4-2-10(6-13)3-5-11/h2-5,8,15H,6-7H2,1H3. The molecule has 0 atom stereocenters. The smallest absolute Gasteiger partial charge is 0.249 e. The number of aromatic nitrogens is 1. The summed E-state index contributed by atoms with van der Waals surface area (Å²) in [7, 11) is -3.46. The molecule has 0 radical (unpaired) electrons. The van der Waals surface area contributed by atoms with Crippen molar-refractivity contribution >= 4 is 37.3 Å². The Morgan fingerprint density at radius 3 is 2.42 bits per heavy atom. The molecule has 0 bridgehead atoms. The van der Waals surface area contributed by atoms with Crippen LogP contribution in [0.3, 0.4) is 0 Å². The highest BCUT2D eigenvalue weighted by atomic mass is 79.9. The lowest BCUT2D eigenvalue weighted by atomic mass is 10.2. The van der Waals surface area contributed by atoms with Crippen molar-refractivity contribution in [3.8, 4) is 0 Å². The van der Waals surface area contributed by atoms with Crippen molar-refractivity contribution in [1.82, 2.24) is 9.71 Å². The van der Waals surface area contributed by atoms with Crippen molar-refractivity contribution in [2.45, 2.75) is 23.0 Å². The molecule has 2 aromatic rings. The van der Waals surface area contributed by atoms with E-state index in [2.05, 4.69) is 25.6 Å². The molecule has 0 aliphatic rings. The van der Waals surface area contributed by atoms with Crippen LogP contribution in [0.15, 0.2) is 34.7 Å². The predicted octanol–water partition coefficient (Wildman–Crippen LogP) is 2.82. The summed E-state index contributed by atoms with van der Waals surface area (Å²) in [6, 6.07) is 7.76. The minimum atomic E-state index is -3.46. The van der Waals surface area contributed by atoms with E-state index in [1.54, 1.807) is 6.92 Å². The highest BCUT2D eigenvalue weighted by molar-refractivity contribution is 9.08. The summed E-state index contributed by atoms with van der Waals surface area (Å²) < 4.78 is 26.8. The Balaban J connectivity index is 2.05. The van der Waals surface area contributed by atoms with E-state index >= 15 is 0 Å². The lowest BCUT2D eigenvalue weighted by Gasteiger charge is -2.05. The topological polar surface area (TPSA) is 59.1 Å². The number of thiazole rings is 1. The summed E-state index contributed by atoms with van der Waals surface area (Å²) in [4.78, 5) is 3.95. The first kappa shape index (κ1) is 14.6. The van der Waals surface area contributed by atoms with E-state index in [1.165, 1.54) is 17.5 Å². The fourth-order valence-electron chi connectivity index (χ4n) is 1.46. The van der Waals surface area contributed by atoms with E-state index in [0.29, 0.717) is 0 Å².